The molecule has 0 saturated carbocycles. The van der Waals surface area contributed by atoms with Gasteiger partial charge in [-0.3, -0.25) is 0 Å². The van der Waals surface area contributed by atoms with Gasteiger partial charge in [-0.25, -0.2) is 9.97 Å². The van der Waals surface area contributed by atoms with Crippen LogP contribution in [0.25, 0.3) is 72.5 Å². The molecule has 67 heavy (non-hydrogen) atoms. The number of ether oxygens (including phenoxy) is 2. The van der Waals surface area contributed by atoms with Gasteiger partial charge in [0.15, 0.2) is 0 Å². The number of hydrogen-bond donors (Lipinski definition) is 0. The van der Waals surface area contributed by atoms with Crippen LogP contribution in [0.3, 0.4) is 0 Å². The third kappa shape index (κ3) is 10.4. The molecule has 10 rings (SSSR count). The van der Waals surface area contributed by atoms with E-state index in [2.05, 4.69) is 123 Å². The van der Waals surface area contributed by atoms with Crippen LogP contribution in [-0.2, 0) is 53.7 Å². The number of hydrogen-bond acceptors (Lipinski definition) is 6. The molecule has 0 bridgehead atoms. The Morgan fingerprint density at radius 2 is 0.896 bits per heavy atom. The first-order valence-electron chi connectivity index (χ1n) is 22.0. The average molecular weight is 1060 g/mol. The SMILES string of the molecule is CC(C)Cc1cc(-c2[c-]c(Oc3[c-]c4c(cc3)c3ccc(Oc5[c-]c(-c6cc(CC(C)C)c(-c7ccccc7)cn6)ccc5)[c-]c3n4-c3ncccn3)ccc2)ncc1-c1ccccc1.[Pd+2].[Pd+2]. The maximum Gasteiger partial charge on any atom is 2.00 e. The van der Waals surface area contributed by atoms with Gasteiger partial charge in [-0.2, -0.15) is 22.9 Å². The zero-order valence-electron chi connectivity index (χ0n) is 37.3. The second kappa shape index (κ2) is 20.9. The average Bonchev–Trinajstić information content (AvgIpc) is 3.65. The molecule has 334 valence electrons. The summed E-state index contributed by atoms with van der Waals surface area (Å²) in [6.45, 7) is 8.96. The summed E-state index contributed by atoms with van der Waals surface area (Å²) < 4.78 is 14.9. The smallest absolute Gasteiger partial charge is 0.503 e. The van der Waals surface area contributed by atoms with Crippen molar-refractivity contribution in [3.05, 3.63) is 200 Å². The monoisotopic (exact) mass is 1060 g/mol. The fourth-order valence-corrected chi connectivity index (χ4v) is 8.36. The van der Waals surface area contributed by atoms with Crippen molar-refractivity contribution in [2.24, 2.45) is 11.8 Å². The van der Waals surface area contributed by atoms with Crippen molar-refractivity contribution in [1.29, 1.82) is 0 Å². The summed E-state index contributed by atoms with van der Waals surface area (Å²) in [7, 11) is 0. The van der Waals surface area contributed by atoms with Crippen LogP contribution in [0.1, 0.15) is 38.8 Å². The summed E-state index contributed by atoms with van der Waals surface area (Å²) in [5.74, 6) is 3.58. The molecule has 0 atom stereocenters. The van der Waals surface area contributed by atoms with E-state index in [0.717, 1.165) is 79.4 Å². The summed E-state index contributed by atoms with van der Waals surface area (Å²) in [4.78, 5) is 19.1. The van der Waals surface area contributed by atoms with Gasteiger partial charge in [0.25, 0.3) is 0 Å². The Morgan fingerprint density at radius 3 is 1.33 bits per heavy atom. The minimum Gasteiger partial charge on any atom is -0.503 e. The molecule has 0 unspecified atom stereocenters. The van der Waals surface area contributed by atoms with Crippen molar-refractivity contribution in [2.75, 3.05) is 0 Å². The number of nitrogens with zero attached hydrogens (tertiary/aromatic N) is 5. The van der Waals surface area contributed by atoms with Gasteiger partial charge in [-0.15, -0.1) is 71.8 Å². The minimum absolute atomic E-state index is 0. The van der Waals surface area contributed by atoms with Crippen LogP contribution in [0.5, 0.6) is 23.0 Å². The molecule has 0 aliphatic carbocycles. The van der Waals surface area contributed by atoms with Crippen LogP contribution < -0.4 is 9.47 Å². The third-order valence-electron chi connectivity index (χ3n) is 11.2. The number of aromatic nitrogens is 5. The normalized spacial score (nSPS) is 11.1. The Hall–Kier alpha value is -6.58. The molecule has 0 radical (unpaired) electrons. The fraction of sp³-hybridized carbons (Fsp3) is 0.138. The standard InChI is InChI=1S/C58H45N5O2.2Pd/c1-38(2)28-44-32-54(61-36-52(44)40-14-7-5-8-15-40)42-18-11-20-46(30-42)64-48-22-24-50-51-25-23-49(35-57(51)63(56(50)34-48)58-59-26-13-27-60-58)65-47-21-12-19-43(31-47)55-33-45(29-39(3)4)53(37-62-55)41-16-9-6-10-17-41;;/h5-27,32-33,36-39H,28-29H2,1-4H3;;/q-4;2*+2. The molecule has 0 amide bonds. The zero-order valence-corrected chi connectivity index (χ0v) is 40.5. The van der Waals surface area contributed by atoms with E-state index in [1.165, 1.54) is 11.1 Å². The Morgan fingerprint density at radius 1 is 0.463 bits per heavy atom. The second-order valence-electron chi connectivity index (χ2n) is 17.0. The van der Waals surface area contributed by atoms with Crippen molar-refractivity contribution in [3.8, 4) is 73.7 Å². The first-order valence-corrected chi connectivity index (χ1v) is 22.0. The minimum atomic E-state index is 0. The van der Waals surface area contributed by atoms with Crippen molar-refractivity contribution in [3.63, 3.8) is 0 Å². The molecule has 4 aromatic heterocycles. The van der Waals surface area contributed by atoms with E-state index in [0.29, 0.717) is 40.8 Å². The summed E-state index contributed by atoms with van der Waals surface area (Å²) in [6.07, 6.45) is 9.27. The number of rotatable bonds is 13. The Balaban J connectivity index is 0.00000304. The molecule has 0 aliphatic rings. The molecule has 0 fully saturated rings. The van der Waals surface area contributed by atoms with Crippen LogP contribution in [-0.4, -0.2) is 24.5 Å². The van der Waals surface area contributed by atoms with Gasteiger partial charge in [0.05, 0.1) is 0 Å². The molecule has 0 N–H and O–H groups in total. The van der Waals surface area contributed by atoms with Crippen LogP contribution in [0, 0.1) is 36.1 Å². The van der Waals surface area contributed by atoms with Crippen molar-refractivity contribution >= 4 is 21.8 Å². The summed E-state index contributed by atoms with van der Waals surface area (Å²) in [5, 5.41) is 1.88. The number of fused-ring (bicyclic) bond motifs is 3. The van der Waals surface area contributed by atoms with E-state index >= 15 is 0 Å². The van der Waals surface area contributed by atoms with E-state index in [-0.39, 0.29) is 40.8 Å². The van der Waals surface area contributed by atoms with Gasteiger partial charge in [-0.1, -0.05) is 124 Å². The Kier molecular flexibility index (Phi) is 14.7. The zero-order chi connectivity index (χ0) is 44.3. The van der Waals surface area contributed by atoms with E-state index < -0.39 is 0 Å². The molecule has 6 aromatic carbocycles. The number of pyridine rings is 2. The van der Waals surface area contributed by atoms with Gasteiger partial charge in [0.2, 0.25) is 5.95 Å². The molecule has 0 saturated heterocycles. The Labute approximate surface area is 419 Å². The predicted octanol–water partition coefficient (Wildman–Crippen LogP) is 14.2. The van der Waals surface area contributed by atoms with Crippen molar-refractivity contribution < 1.29 is 50.3 Å². The van der Waals surface area contributed by atoms with Gasteiger partial charge in [0.1, 0.15) is 0 Å². The molecular weight excluding hydrogens is 1010 g/mol. The van der Waals surface area contributed by atoms with Crippen molar-refractivity contribution in [1.82, 2.24) is 24.5 Å². The first kappa shape index (κ1) is 46.9. The van der Waals surface area contributed by atoms with E-state index in [1.807, 2.05) is 89.8 Å². The van der Waals surface area contributed by atoms with Crippen molar-refractivity contribution in [2.45, 2.75) is 40.5 Å². The van der Waals surface area contributed by atoms with E-state index in [9.17, 15) is 0 Å². The van der Waals surface area contributed by atoms with Gasteiger partial charge >= 0.3 is 40.8 Å². The van der Waals surface area contributed by atoms with Gasteiger partial charge in [-0.05, 0) is 64.4 Å². The molecule has 0 spiro atoms. The van der Waals surface area contributed by atoms with Crippen LogP contribution in [0.4, 0.5) is 0 Å². The third-order valence-corrected chi connectivity index (χ3v) is 11.2. The topological polar surface area (TPSA) is 75.0 Å². The second-order valence-corrected chi connectivity index (χ2v) is 17.0. The fourth-order valence-electron chi connectivity index (χ4n) is 8.36. The predicted molar refractivity (Wildman–Crippen MR) is 259 cm³/mol. The summed E-state index contributed by atoms with van der Waals surface area (Å²) >= 11 is 0. The molecule has 10 aromatic rings. The summed E-state index contributed by atoms with van der Waals surface area (Å²) in [5.41, 5.74) is 12.0. The quantitative estimate of drug-likeness (QED) is 0.0846. The van der Waals surface area contributed by atoms with Gasteiger partial charge < -0.3 is 24.0 Å². The first-order chi connectivity index (χ1) is 31.8. The Bertz CT molecular complexity index is 3090. The maximum atomic E-state index is 6.49. The largest absolute Gasteiger partial charge is 2.00 e. The number of benzene rings is 6. The maximum absolute atomic E-state index is 6.49. The molecular formula is C58H45N5O2Pd2. The molecule has 4 heterocycles. The van der Waals surface area contributed by atoms with Gasteiger partial charge in [0, 0.05) is 58.9 Å². The van der Waals surface area contributed by atoms with Crippen LogP contribution >= 0.6 is 0 Å². The van der Waals surface area contributed by atoms with E-state index in [1.54, 1.807) is 18.5 Å². The molecule has 7 nitrogen and oxygen atoms in total. The van der Waals surface area contributed by atoms with Crippen LogP contribution in [0.2, 0.25) is 0 Å². The summed E-state index contributed by atoms with van der Waals surface area (Å²) in [6, 6.07) is 60.7. The van der Waals surface area contributed by atoms with E-state index in [4.69, 9.17) is 19.4 Å². The molecule has 9 heteroatoms. The van der Waals surface area contributed by atoms with Crippen LogP contribution in [0.15, 0.2) is 164 Å². The molecule has 0 aliphatic heterocycles.